The number of anilines is 1. The molecule has 0 saturated carbocycles. The Morgan fingerprint density at radius 1 is 1.35 bits per heavy atom. The average Bonchev–Trinajstić information content (AvgIpc) is 3.06. The van der Waals surface area contributed by atoms with E-state index in [1.54, 1.807) is 37.3 Å². The summed E-state index contributed by atoms with van der Waals surface area (Å²) in [7, 11) is -4.11. The van der Waals surface area contributed by atoms with Crippen molar-refractivity contribution in [1.82, 2.24) is 14.6 Å². The summed E-state index contributed by atoms with van der Waals surface area (Å²) >= 11 is 0. The molecule has 13 nitrogen and oxygen atoms in total. The number of nitrogens with one attached hydrogen (secondary N) is 1. The van der Waals surface area contributed by atoms with Crippen LogP contribution < -0.4 is 21.0 Å². The molecule has 2 unspecified atom stereocenters. The smallest absolute Gasteiger partial charge is 0.459 e. The van der Waals surface area contributed by atoms with Gasteiger partial charge in [0.2, 0.25) is 0 Å². The molecule has 0 aliphatic carbocycles. The highest BCUT2D eigenvalue weighted by Crippen LogP contribution is 2.46. The zero-order chi connectivity index (χ0) is 27.2. The summed E-state index contributed by atoms with van der Waals surface area (Å²) in [6.45, 7) is 4.20. The quantitative estimate of drug-likeness (QED) is 0.224. The van der Waals surface area contributed by atoms with Crippen LogP contribution in [0, 0.1) is 0 Å². The van der Waals surface area contributed by atoms with Crippen LogP contribution in [0.25, 0.3) is 0 Å². The lowest BCUT2D eigenvalue weighted by Crippen LogP contribution is -2.46. The van der Waals surface area contributed by atoms with Crippen molar-refractivity contribution in [3.63, 3.8) is 0 Å². The highest BCUT2D eigenvalue weighted by molar-refractivity contribution is 7.52. The summed E-state index contributed by atoms with van der Waals surface area (Å²) in [4.78, 5) is 27.6. The molecular formula is C23H33N4O9P. The van der Waals surface area contributed by atoms with Crippen LogP contribution >= 0.6 is 7.75 Å². The molecule has 2 heterocycles. The molecule has 1 fully saturated rings. The van der Waals surface area contributed by atoms with Crippen LogP contribution in [0.5, 0.6) is 5.75 Å². The van der Waals surface area contributed by atoms with Crippen LogP contribution in [-0.2, 0) is 23.4 Å². The number of rotatable bonds is 12. The molecule has 2 aromatic rings. The third kappa shape index (κ3) is 7.37. The van der Waals surface area contributed by atoms with Crippen molar-refractivity contribution in [1.29, 1.82) is 0 Å². The van der Waals surface area contributed by atoms with Gasteiger partial charge in [0.1, 0.15) is 36.0 Å². The van der Waals surface area contributed by atoms with Gasteiger partial charge in [0.05, 0.1) is 6.61 Å². The number of carbonyl (C=O) groups excluding carboxylic acids is 1. The Bertz CT molecular complexity index is 1160. The van der Waals surface area contributed by atoms with Crippen molar-refractivity contribution >= 4 is 19.5 Å². The maximum atomic E-state index is 13.7. The number of esters is 1. The third-order valence-electron chi connectivity index (χ3n) is 5.56. The average molecular weight is 541 g/mol. The van der Waals surface area contributed by atoms with Crippen LogP contribution in [0.2, 0.25) is 0 Å². The van der Waals surface area contributed by atoms with E-state index in [1.165, 1.54) is 19.2 Å². The lowest BCUT2D eigenvalue weighted by atomic mass is 9.96. The second-order valence-electron chi connectivity index (χ2n) is 8.90. The first-order valence-corrected chi connectivity index (χ1v) is 13.3. The molecule has 5 N–H and O–H groups in total. The fraction of sp³-hybridized carbons (Fsp3) is 0.522. The molecule has 1 aliphatic heterocycles. The van der Waals surface area contributed by atoms with Crippen LogP contribution in [-0.4, -0.2) is 62.8 Å². The van der Waals surface area contributed by atoms with E-state index < -0.39 is 50.1 Å². The molecule has 6 atom stereocenters. The van der Waals surface area contributed by atoms with E-state index in [0.29, 0.717) is 6.42 Å². The van der Waals surface area contributed by atoms with E-state index in [4.69, 9.17) is 24.3 Å². The van der Waals surface area contributed by atoms with Gasteiger partial charge in [-0.2, -0.15) is 4.98 Å². The maximum absolute atomic E-state index is 13.7. The number of nitrogens with two attached hydrogens (primary N) is 1. The minimum Gasteiger partial charge on any atom is -0.464 e. The molecule has 204 valence electrons. The van der Waals surface area contributed by atoms with Crippen molar-refractivity contribution in [3.05, 3.63) is 53.1 Å². The number of hydrogen-bond donors (Lipinski definition) is 4. The van der Waals surface area contributed by atoms with Gasteiger partial charge in [-0.1, -0.05) is 25.1 Å². The van der Waals surface area contributed by atoms with Crippen LogP contribution in [0.1, 0.15) is 39.8 Å². The number of aliphatic hydroxyl groups is 2. The molecule has 14 heteroatoms. The second kappa shape index (κ2) is 12.2. The molecule has 37 heavy (non-hydrogen) atoms. The number of carbonyl (C=O) groups is 1. The molecule has 0 amide bonds. The SMILES string of the molecule is CCCC(=O)OC[C@H](C)NP(=O)(OC[C@H]1OC(n2ccc(N)nc2=O)[C@](C)(O)[C@@H]1O)Oc1ccccc1. The highest BCUT2D eigenvalue weighted by Gasteiger charge is 2.54. The number of nitrogen functional groups attached to an aromatic ring is 1. The minimum atomic E-state index is -4.11. The summed E-state index contributed by atoms with van der Waals surface area (Å²) in [5.41, 5.74) is 2.81. The van der Waals surface area contributed by atoms with Gasteiger partial charge in [-0.25, -0.2) is 14.4 Å². The maximum Gasteiger partial charge on any atom is 0.459 e. The number of nitrogens with zero attached hydrogens (tertiary/aromatic N) is 2. The number of aromatic nitrogens is 2. The summed E-state index contributed by atoms with van der Waals surface area (Å²) in [6.07, 6.45) is -1.88. The van der Waals surface area contributed by atoms with E-state index in [2.05, 4.69) is 10.1 Å². The highest BCUT2D eigenvalue weighted by atomic mass is 31.2. The first-order chi connectivity index (χ1) is 17.4. The van der Waals surface area contributed by atoms with E-state index in [1.807, 2.05) is 6.92 Å². The Balaban J connectivity index is 1.74. The minimum absolute atomic E-state index is 0.0149. The molecule has 0 bridgehead atoms. The Morgan fingerprint density at radius 3 is 2.70 bits per heavy atom. The number of ether oxygens (including phenoxy) is 2. The summed E-state index contributed by atoms with van der Waals surface area (Å²) in [5.74, 6) is -0.163. The van der Waals surface area contributed by atoms with Crippen LogP contribution in [0.15, 0.2) is 47.4 Å². The van der Waals surface area contributed by atoms with Crippen molar-refractivity contribution in [2.75, 3.05) is 18.9 Å². The monoisotopic (exact) mass is 540 g/mol. The number of para-hydroxylation sites is 1. The molecule has 3 rings (SSSR count). The van der Waals surface area contributed by atoms with Gasteiger partial charge in [0.25, 0.3) is 0 Å². The van der Waals surface area contributed by atoms with Crippen molar-refractivity contribution in [3.8, 4) is 5.75 Å². The summed E-state index contributed by atoms with van der Waals surface area (Å²) < 4.78 is 36.8. The van der Waals surface area contributed by atoms with Gasteiger partial charge >= 0.3 is 19.4 Å². The zero-order valence-electron chi connectivity index (χ0n) is 20.9. The fourth-order valence-electron chi connectivity index (χ4n) is 3.67. The van der Waals surface area contributed by atoms with Gasteiger partial charge in [0.15, 0.2) is 6.23 Å². The Kier molecular flexibility index (Phi) is 9.46. The number of aliphatic hydroxyl groups excluding tert-OH is 1. The molecule has 1 aromatic heterocycles. The van der Waals surface area contributed by atoms with Gasteiger partial charge in [-0.05, 0) is 38.5 Å². The first kappa shape index (κ1) is 28.8. The predicted octanol–water partition coefficient (Wildman–Crippen LogP) is 1.36. The third-order valence-corrected chi connectivity index (χ3v) is 7.26. The molecule has 0 radical (unpaired) electrons. The Morgan fingerprint density at radius 2 is 2.05 bits per heavy atom. The fourth-order valence-corrected chi connectivity index (χ4v) is 5.20. The van der Waals surface area contributed by atoms with Gasteiger partial charge in [0, 0.05) is 18.7 Å². The lowest BCUT2D eigenvalue weighted by molar-refractivity contribution is -0.144. The Labute approximate surface area is 214 Å². The largest absolute Gasteiger partial charge is 0.464 e. The lowest BCUT2D eigenvalue weighted by Gasteiger charge is -2.27. The van der Waals surface area contributed by atoms with Gasteiger partial charge in [-0.3, -0.25) is 13.9 Å². The first-order valence-electron chi connectivity index (χ1n) is 11.8. The van der Waals surface area contributed by atoms with Crippen molar-refractivity contribution < 1.29 is 38.1 Å². The summed E-state index contributed by atoms with van der Waals surface area (Å²) in [5, 5.41) is 24.3. The van der Waals surface area contributed by atoms with E-state index in [0.717, 1.165) is 4.57 Å². The molecular weight excluding hydrogens is 507 g/mol. The normalized spacial score (nSPS) is 25.8. The van der Waals surface area contributed by atoms with E-state index >= 15 is 0 Å². The number of benzene rings is 1. The summed E-state index contributed by atoms with van der Waals surface area (Å²) in [6, 6.07) is 8.98. The van der Waals surface area contributed by atoms with Crippen LogP contribution in [0.4, 0.5) is 5.82 Å². The zero-order valence-corrected chi connectivity index (χ0v) is 21.7. The second-order valence-corrected chi connectivity index (χ2v) is 10.6. The molecule has 0 spiro atoms. The molecule has 1 aliphatic rings. The standard InChI is InChI=1S/C23H33N4O9P/c1-4-8-19(28)33-13-15(2)26-37(32,36-16-9-6-5-7-10-16)34-14-17-20(29)23(3,31)21(35-17)27-12-11-18(24)25-22(27)30/h5-7,9-12,15,17,20-21,29,31H,4,8,13-14H2,1-3H3,(H,26,32)(H2,24,25,30)/t15-,17+,20+,21?,23+,37?/m0/s1. The topological polar surface area (TPSA) is 184 Å². The van der Waals surface area contributed by atoms with E-state index in [9.17, 15) is 24.4 Å². The molecule has 1 aromatic carbocycles. The molecule has 1 saturated heterocycles. The van der Waals surface area contributed by atoms with Crippen molar-refractivity contribution in [2.45, 2.75) is 63.7 Å². The van der Waals surface area contributed by atoms with Gasteiger partial charge < -0.3 is 29.9 Å². The van der Waals surface area contributed by atoms with Gasteiger partial charge in [-0.15, -0.1) is 0 Å². The van der Waals surface area contributed by atoms with E-state index in [-0.39, 0.29) is 30.6 Å². The predicted molar refractivity (Wildman–Crippen MR) is 133 cm³/mol. The van der Waals surface area contributed by atoms with Crippen molar-refractivity contribution in [2.24, 2.45) is 0 Å². The number of hydrogen-bond acceptors (Lipinski definition) is 11. The van der Waals surface area contributed by atoms with Crippen LogP contribution in [0.3, 0.4) is 0 Å². The Hall–Kier alpha value is -2.80.